The van der Waals surface area contributed by atoms with Crippen molar-refractivity contribution in [2.75, 3.05) is 0 Å². The lowest BCUT2D eigenvalue weighted by Crippen LogP contribution is -2.21. The van der Waals surface area contributed by atoms with Gasteiger partial charge in [-0.1, -0.05) is 12.1 Å². The molecule has 0 radical (unpaired) electrons. The molecule has 1 heterocycles. The Labute approximate surface area is 102 Å². The van der Waals surface area contributed by atoms with Crippen molar-refractivity contribution in [1.29, 1.82) is 0 Å². The molecule has 2 rings (SSSR count). The van der Waals surface area contributed by atoms with Gasteiger partial charge in [0.2, 0.25) is 0 Å². The highest BCUT2D eigenvalue weighted by atomic mass is 79.9. The van der Waals surface area contributed by atoms with E-state index >= 15 is 0 Å². The van der Waals surface area contributed by atoms with Gasteiger partial charge in [0.05, 0.1) is 5.60 Å². The highest BCUT2D eigenvalue weighted by Gasteiger charge is 2.16. The van der Waals surface area contributed by atoms with Gasteiger partial charge in [0.1, 0.15) is 0 Å². The van der Waals surface area contributed by atoms with Gasteiger partial charge in [-0.25, -0.2) is 0 Å². The predicted molar refractivity (Wildman–Crippen MR) is 69.5 cm³/mol. The van der Waals surface area contributed by atoms with Crippen molar-refractivity contribution in [2.45, 2.75) is 25.9 Å². The van der Waals surface area contributed by atoms with Crippen LogP contribution in [0.25, 0.3) is 10.1 Å². The summed E-state index contributed by atoms with van der Waals surface area (Å²) in [6.07, 6.45) is 0.698. The molecule has 0 aliphatic carbocycles. The molecule has 0 fully saturated rings. The Morgan fingerprint density at radius 1 is 1.40 bits per heavy atom. The van der Waals surface area contributed by atoms with E-state index in [9.17, 15) is 5.11 Å². The number of rotatable bonds is 2. The Hall–Kier alpha value is -0.380. The van der Waals surface area contributed by atoms with Crippen molar-refractivity contribution < 1.29 is 5.11 Å². The Balaban J connectivity index is 2.50. The number of thiophene rings is 1. The fourth-order valence-corrected chi connectivity index (χ4v) is 3.30. The third kappa shape index (κ3) is 2.41. The third-order valence-corrected chi connectivity index (χ3v) is 4.26. The summed E-state index contributed by atoms with van der Waals surface area (Å²) in [5, 5.41) is 13.2. The molecule has 1 aromatic heterocycles. The van der Waals surface area contributed by atoms with Crippen LogP contribution in [0.15, 0.2) is 28.1 Å². The van der Waals surface area contributed by atoms with Gasteiger partial charge in [-0.05, 0) is 52.2 Å². The van der Waals surface area contributed by atoms with Crippen LogP contribution in [0.5, 0.6) is 0 Å². The van der Waals surface area contributed by atoms with E-state index in [-0.39, 0.29) is 0 Å². The minimum absolute atomic E-state index is 0.643. The highest BCUT2D eigenvalue weighted by molar-refractivity contribution is 9.10. The van der Waals surface area contributed by atoms with Crippen LogP contribution in [-0.2, 0) is 6.42 Å². The minimum atomic E-state index is -0.643. The first-order valence-corrected chi connectivity index (χ1v) is 6.51. The molecule has 1 N–H and O–H groups in total. The maximum atomic E-state index is 9.81. The molecule has 80 valence electrons. The minimum Gasteiger partial charge on any atom is -0.390 e. The number of benzene rings is 1. The lowest BCUT2D eigenvalue weighted by atomic mass is 9.98. The predicted octanol–water partition coefficient (Wildman–Crippen LogP) is 3.98. The second-order valence-corrected chi connectivity index (χ2v) is 6.10. The number of hydrogen-bond acceptors (Lipinski definition) is 2. The molecule has 0 saturated heterocycles. The SMILES string of the molecule is CC(C)(O)Cc1csc2c(Br)cccc12. The summed E-state index contributed by atoms with van der Waals surface area (Å²) in [7, 11) is 0. The molecule has 0 aliphatic heterocycles. The molecular formula is C12H13BrOS. The number of fused-ring (bicyclic) bond motifs is 1. The van der Waals surface area contributed by atoms with E-state index < -0.39 is 5.60 Å². The lowest BCUT2D eigenvalue weighted by Gasteiger charge is -2.16. The zero-order chi connectivity index (χ0) is 11.1. The van der Waals surface area contributed by atoms with Gasteiger partial charge in [-0.15, -0.1) is 11.3 Å². The molecule has 0 spiro atoms. The molecule has 3 heteroatoms. The second-order valence-electron chi connectivity index (χ2n) is 4.37. The van der Waals surface area contributed by atoms with Gasteiger partial charge in [0, 0.05) is 15.6 Å². The standard InChI is InChI=1S/C12H13BrOS/c1-12(2,14)6-8-7-15-11-9(8)4-3-5-10(11)13/h3-5,7,14H,6H2,1-2H3. The van der Waals surface area contributed by atoms with E-state index in [0.717, 1.165) is 4.47 Å². The average molecular weight is 285 g/mol. The molecule has 0 amide bonds. The summed E-state index contributed by atoms with van der Waals surface area (Å²) >= 11 is 5.26. The summed E-state index contributed by atoms with van der Waals surface area (Å²) in [6.45, 7) is 3.68. The van der Waals surface area contributed by atoms with Gasteiger partial charge in [0.15, 0.2) is 0 Å². The fourth-order valence-electron chi connectivity index (χ4n) is 1.68. The average Bonchev–Trinajstić information content (AvgIpc) is 2.48. The molecule has 0 unspecified atom stereocenters. The van der Waals surface area contributed by atoms with Crippen LogP contribution < -0.4 is 0 Å². The summed E-state index contributed by atoms with van der Waals surface area (Å²) in [5.74, 6) is 0. The molecule has 0 atom stereocenters. The highest BCUT2D eigenvalue weighted by Crippen LogP contribution is 2.33. The Morgan fingerprint density at radius 3 is 2.80 bits per heavy atom. The van der Waals surface area contributed by atoms with E-state index in [1.54, 1.807) is 11.3 Å². The Bertz CT molecular complexity index is 482. The first kappa shape index (κ1) is 11.1. The maximum absolute atomic E-state index is 9.81. The van der Waals surface area contributed by atoms with Crippen LogP contribution in [0.4, 0.5) is 0 Å². The monoisotopic (exact) mass is 284 g/mol. The van der Waals surface area contributed by atoms with Crippen molar-refractivity contribution in [3.8, 4) is 0 Å². The summed E-state index contributed by atoms with van der Waals surface area (Å²) in [4.78, 5) is 0. The molecule has 1 nitrogen and oxygen atoms in total. The zero-order valence-electron chi connectivity index (χ0n) is 8.75. The van der Waals surface area contributed by atoms with Gasteiger partial charge in [0.25, 0.3) is 0 Å². The number of halogens is 1. The molecule has 0 saturated carbocycles. The van der Waals surface area contributed by atoms with Crippen molar-refractivity contribution >= 4 is 37.4 Å². The van der Waals surface area contributed by atoms with E-state index in [0.29, 0.717) is 6.42 Å². The molecule has 15 heavy (non-hydrogen) atoms. The van der Waals surface area contributed by atoms with Crippen LogP contribution in [0.2, 0.25) is 0 Å². The molecule has 1 aromatic carbocycles. The normalized spacial score (nSPS) is 12.3. The van der Waals surface area contributed by atoms with Gasteiger partial charge in [-0.3, -0.25) is 0 Å². The topological polar surface area (TPSA) is 20.2 Å². The van der Waals surface area contributed by atoms with Crippen LogP contribution in [-0.4, -0.2) is 10.7 Å². The van der Waals surface area contributed by atoms with Crippen LogP contribution in [0, 0.1) is 0 Å². The molecular weight excluding hydrogens is 272 g/mol. The van der Waals surface area contributed by atoms with Crippen molar-refractivity contribution in [3.05, 3.63) is 33.6 Å². The quantitative estimate of drug-likeness (QED) is 0.885. The summed E-state index contributed by atoms with van der Waals surface area (Å²) < 4.78 is 2.39. The molecule has 2 aromatic rings. The maximum Gasteiger partial charge on any atom is 0.0632 e. The lowest BCUT2D eigenvalue weighted by molar-refractivity contribution is 0.0814. The summed E-state index contributed by atoms with van der Waals surface area (Å²) in [5.41, 5.74) is 0.583. The van der Waals surface area contributed by atoms with Crippen LogP contribution >= 0.6 is 27.3 Å². The first-order chi connectivity index (χ1) is 6.97. The van der Waals surface area contributed by atoms with Crippen LogP contribution in [0.3, 0.4) is 0 Å². The Kier molecular flexibility index (Phi) is 2.88. The third-order valence-electron chi connectivity index (χ3n) is 2.26. The van der Waals surface area contributed by atoms with Crippen molar-refractivity contribution in [1.82, 2.24) is 0 Å². The fraction of sp³-hybridized carbons (Fsp3) is 0.333. The summed E-state index contributed by atoms with van der Waals surface area (Å²) in [6, 6.07) is 6.19. The van der Waals surface area contributed by atoms with Gasteiger partial charge in [-0.2, -0.15) is 0 Å². The van der Waals surface area contributed by atoms with Crippen molar-refractivity contribution in [3.63, 3.8) is 0 Å². The van der Waals surface area contributed by atoms with E-state index in [4.69, 9.17) is 0 Å². The van der Waals surface area contributed by atoms with E-state index in [1.807, 2.05) is 26.0 Å². The smallest absolute Gasteiger partial charge is 0.0632 e. The molecule has 0 aliphatic rings. The molecule has 0 bridgehead atoms. The Morgan fingerprint density at radius 2 is 2.13 bits per heavy atom. The second kappa shape index (κ2) is 3.89. The number of aliphatic hydroxyl groups is 1. The van der Waals surface area contributed by atoms with E-state index in [1.165, 1.54) is 15.6 Å². The zero-order valence-corrected chi connectivity index (χ0v) is 11.2. The van der Waals surface area contributed by atoms with Crippen molar-refractivity contribution in [2.24, 2.45) is 0 Å². The van der Waals surface area contributed by atoms with Gasteiger partial charge < -0.3 is 5.11 Å². The van der Waals surface area contributed by atoms with Crippen LogP contribution in [0.1, 0.15) is 19.4 Å². The number of hydrogen-bond donors (Lipinski definition) is 1. The first-order valence-electron chi connectivity index (χ1n) is 4.84. The largest absolute Gasteiger partial charge is 0.390 e. The van der Waals surface area contributed by atoms with Gasteiger partial charge >= 0.3 is 0 Å². The van der Waals surface area contributed by atoms with E-state index in [2.05, 4.69) is 27.4 Å².